The maximum absolute atomic E-state index is 5.76. The highest BCUT2D eigenvalue weighted by Gasteiger charge is 2.04. The van der Waals surface area contributed by atoms with Gasteiger partial charge in [0.1, 0.15) is 12.0 Å². The Morgan fingerprint density at radius 3 is 2.50 bits per heavy atom. The van der Waals surface area contributed by atoms with Crippen LogP contribution in [0.3, 0.4) is 0 Å². The number of hydrogen-bond acceptors (Lipinski definition) is 4. The third kappa shape index (κ3) is 1.65. The molecule has 0 atom stereocenters. The Morgan fingerprint density at radius 1 is 1.14 bits per heavy atom. The predicted molar refractivity (Wildman–Crippen MR) is 54.7 cm³/mol. The van der Waals surface area contributed by atoms with Crippen molar-refractivity contribution in [3.05, 3.63) is 35.6 Å². The van der Waals surface area contributed by atoms with Gasteiger partial charge in [0.15, 0.2) is 5.82 Å². The fourth-order valence-electron chi connectivity index (χ4n) is 1.10. The second-order valence-electron chi connectivity index (χ2n) is 2.70. The van der Waals surface area contributed by atoms with Crippen LogP contribution in [0.2, 0.25) is 5.02 Å². The first-order valence-electron chi connectivity index (χ1n) is 3.96. The average molecular weight is 207 g/mol. The number of aromatic nitrogens is 3. The molecule has 0 bridgehead atoms. The summed E-state index contributed by atoms with van der Waals surface area (Å²) in [6.45, 7) is 0. The van der Waals surface area contributed by atoms with E-state index in [-0.39, 0.29) is 0 Å². The van der Waals surface area contributed by atoms with Gasteiger partial charge in [-0.2, -0.15) is 0 Å². The van der Waals surface area contributed by atoms with Crippen LogP contribution in [-0.2, 0) is 0 Å². The van der Waals surface area contributed by atoms with Gasteiger partial charge in [-0.1, -0.05) is 23.7 Å². The van der Waals surface area contributed by atoms with E-state index in [1.165, 1.54) is 6.33 Å². The third-order valence-corrected chi connectivity index (χ3v) is 2.02. The van der Waals surface area contributed by atoms with Crippen LogP contribution >= 0.6 is 11.6 Å². The summed E-state index contributed by atoms with van der Waals surface area (Å²) < 4.78 is 0. The molecule has 2 N–H and O–H groups in total. The second-order valence-corrected chi connectivity index (χ2v) is 3.14. The van der Waals surface area contributed by atoms with Crippen LogP contribution < -0.4 is 5.73 Å². The summed E-state index contributed by atoms with van der Waals surface area (Å²) in [5.74, 6) is 0.363. The highest BCUT2D eigenvalue weighted by molar-refractivity contribution is 6.30. The van der Waals surface area contributed by atoms with Gasteiger partial charge in [-0.05, 0) is 12.1 Å². The summed E-state index contributed by atoms with van der Waals surface area (Å²) in [6.07, 6.45) is 1.31. The molecule has 0 aliphatic heterocycles. The number of hydrogen-bond donors (Lipinski definition) is 1. The molecule has 0 aliphatic carbocycles. The van der Waals surface area contributed by atoms with Gasteiger partial charge in [-0.15, -0.1) is 10.2 Å². The molecule has 0 aliphatic rings. The lowest BCUT2D eigenvalue weighted by Crippen LogP contribution is -1.98. The molecular weight excluding hydrogens is 200 g/mol. The molecule has 14 heavy (non-hydrogen) atoms. The molecule has 0 radical (unpaired) electrons. The first kappa shape index (κ1) is 8.90. The van der Waals surface area contributed by atoms with E-state index in [1.807, 2.05) is 12.1 Å². The molecule has 0 spiro atoms. The lowest BCUT2D eigenvalue weighted by atomic mass is 10.1. The summed E-state index contributed by atoms with van der Waals surface area (Å²) >= 11 is 5.76. The van der Waals surface area contributed by atoms with Gasteiger partial charge < -0.3 is 5.73 Å². The molecule has 5 heteroatoms. The van der Waals surface area contributed by atoms with Gasteiger partial charge in [0, 0.05) is 10.6 Å². The van der Waals surface area contributed by atoms with Gasteiger partial charge in [-0.3, -0.25) is 0 Å². The van der Waals surface area contributed by atoms with Crippen LogP contribution in [0.15, 0.2) is 30.6 Å². The van der Waals surface area contributed by atoms with E-state index in [1.54, 1.807) is 12.1 Å². The van der Waals surface area contributed by atoms with Crippen LogP contribution in [0, 0.1) is 0 Å². The number of nitrogens with two attached hydrogens (primary N) is 1. The molecule has 2 rings (SSSR count). The summed E-state index contributed by atoms with van der Waals surface area (Å²) in [6, 6.07) is 7.19. The van der Waals surface area contributed by atoms with Crippen molar-refractivity contribution in [3.8, 4) is 11.3 Å². The number of nitrogen functional groups attached to an aromatic ring is 1. The summed E-state index contributed by atoms with van der Waals surface area (Å²) in [7, 11) is 0. The van der Waals surface area contributed by atoms with Gasteiger partial charge in [0.2, 0.25) is 0 Å². The topological polar surface area (TPSA) is 64.7 Å². The predicted octanol–water partition coefficient (Wildman–Crippen LogP) is 1.77. The van der Waals surface area contributed by atoms with Crippen molar-refractivity contribution in [2.24, 2.45) is 0 Å². The van der Waals surface area contributed by atoms with E-state index in [0.29, 0.717) is 16.5 Å². The summed E-state index contributed by atoms with van der Waals surface area (Å²) in [5.41, 5.74) is 7.07. The zero-order valence-electron chi connectivity index (χ0n) is 7.18. The van der Waals surface area contributed by atoms with E-state index < -0.39 is 0 Å². The van der Waals surface area contributed by atoms with Crippen molar-refractivity contribution in [2.75, 3.05) is 5.73 Å². The van der Waals surface area contributed by atoms with Gasteiger partial charge in [0.25, 0.3) is 0 Å². The van der Waals surface area contributed by atoms with Crippen LogP contribution in [0.1, 0.15) is 0 Å². The van der Waals surface area contributed by atoms with Crippen LogP contribution in [0.25, 0.3) is 11.3 Å². The fraction of sp³-hybridized carbons (Fsp3) is 0. The Kier molecular flexibility index (Phi) is 2.28. The smallest absolute Gasteiger partial charge is 0.153 e. The van der Waals surface area contributed by atoms with Gasteiger partial charge in [0.05, 0.1) is 0 Å². The second kappa shape index (κ2) is 3.59. The molecule has 4 nitrogen and oxygen atoms in total. The summed E-state index contributed by atoms with van der Waals surface area (Å²) in [5, 5.41) is 8.24. The quantitative estimate of drug-likeness (QED) is 0.773. The van der Waals surface area contributed by atoms with Crippen molar-refractivity contribution < 1.29 is 0 Å². The average Bonchev–Trinajstić information content (AvgIpc) is 2.20. The lowest BCUT2D eigenvalue weighted by Gasteiger charge is -2.01. The standard InChI is InChI=1S/C9H7ClN4/c10-7-3-1-6(2-4-7)8-9(11)12-5-13-14-8/h1-5H,(H2,11,12,13). The Balaban J connectivity index is 2.50. The SMILES string of the molecule is Nc1ncnnc1-c1ccc(Cl)cc1. The van der Waals surface area contributed by atoms with Crippen molar-refractivity contribution >= 4 is 17.4 Å². The molecule has 70 valence electrons. The third-order valence-electron chi connectivity index (χ3n) is 1.77. The van der Waals surface area contributed by atoms with Gasteiger partial charge in [-0.25, -0.2) is 4.98 Å². The summed E-state index contributed by atoms with van der Waals surface area (Å²) in [4.78, 5) is 3.85. The van der Waals surface area contributed by atoms with E-state index in [4.69, 9.17) is 17.3 Å². The molecule has 0 fully saturated rings. The molecule has 0 saturated carbocycles. The number of anilines is 1. The zero-order valence-corrected chi connectivity index (χ0v) is 7.94. The minimum atomic E-state index is 0.363. The number of nitrogens with zero attached hydrogens (tertiary/aromatic N) is 3. The normalized spacial score (nSPS) is 10.1. The van der Waals surface area contributed by atoms with E-state index >= 15 is 0 Å². The van der Waals surface area contributed by atoms with E-state index in [2.05, 4.69) is 15.2 Å². The van der Waals surface area contributed by atoms with Crippen molar-refractivity contribution in [1.29, 1.82) is 0 Å². The van der Waals surface area contributed by atoms with Gasteiger partial charge >= 0.3 is 0 Å². The molecule has 1 heterocycles. The minimum Gasteiger partial charge on any atom is -0.382 e. The number of benzene rings is 1. The van der Waals surface area contributed by atoms with Crippen molar-refractivity contribution in [3.63, 3.8) is 0 Å². The van der Waals surface area contributed by atoms with Crippen molar-refractivity contribution in [2.45, 2.75) is 0 Å². The Bertz CT molecular complexity index is 441. The van der Waals surface area contributed by atoms with E-state index in [0.717, 1.165) is 5.56 Å². The Labute approximate surface area is 85.8 Å². The minimum absolute atomic E-state index is 0.363. The Morgan fingerprint density at radius 2 is 1.86 bits per heavy atom. The largest absolute Gasteiger partial charge is 0.382 e. The zero-order chi connectivity index (χ0) is 9.97. The van der Waals surface area contributed by atoms with E-state index in [9.17, 15) is 0 Å². The van der Waals surface area contributed by atoms with Crippen LogP contribution in [0.4, 0.5) is 5.82 Å². The van der Waals surface area contributed by atoms with Crippen molar-refractivity contribution in [1.82, 2.24) is 15.2 Å². The highest BCUT2D eigenvalue weighted by Crippen LogP contribution is 2.21. The first-order valence-corrected chi connectivity index (χ1v) is 4.34. The maximum Gasteiger partial charge on any atom is 0.153 e. The fourth-order valence-corrected chi connectivity index (χ4v) is 1.22. The van der Waals surface area contributed by atoms with Crippen LogP contribution in [-0.4, -0.2) is 15.2 Å². The molecule has 1 aromatic carbocycles. The monoisotopic (exact) mass is 206 g/mol. The Hall–Kier alpha value is -1.68. The number of halogens is 1. The molecule has 1 aromatic heterocycles. The lowest BCUT2D eigenvalue weighted by molar-refractivity contribution is 0.983. The maximum atomic E-state index is 5.76. The molecule has 0 saturated heterocycles. The highest BCUT2D eigenvalue weighted by atomic mass is 35.5. The molecule has 0 amide bonds. The first-order chi connectivity index (χ1) is 6.77. The molecule has 0 unspecified atom stereocenters. The molecular formula is C9H7ClN4. The number of rotatable bonds is 1. The van der Waals surface area contributed by atoms with Crippen LogP contribution in [0.5, 0.6) is 0 Å². The molecule has 2 aromatic rings.